The van der Waals surface area contributed by atoms with Gasteiger partial charge in [-0.3, -0.25) is 9.69 Å². The van der Waals surface area contributed by atoms with E-state index < -0.39 is 5.54 Å². The zero-order valence-electron chi connectivity index (χ0n) is 15.6. The highest BCUT2D eigenvalue weighted by atomic mass is 16.2. The molecular formula is C18H22N6O3. The number of likely N-dealkylation sites (tertiary alicyclic amines) is 1. The van der Waals surface area contributed by atoms with E-state index in [1.54, 1.807) is 18.3 Å². The number of urea groups is 2. The van der Waals surface area contributed by atoms with Gasteiger partial charge < -0.3 is 19.7 Å². The second-order valence-electron chi connectivity index (χ2n) is 7.21. The smallest absolute Gasteiger partial charge is 0.327 e. The first-order valence-electron chi connectivity index (χ1n) is 8.86. The quantitative estimate of drug-likeness (QED) is 0.770. The van der Waals surface area contributed by atoms with Crippen molar-refractivity contribution in [1.29, 1.82) is 0 Å². The van der Waals surface area contributed by atoms with Crippen molar-refractivity contribution in [2.45, 2.75) is 18.4 Å². The minimum Gasteiger partial charge on any atom is -0.334 e. The van der Waals surface area contributed by atoms with Crippen LogP contribution < -0.4 is 5.32 Å². The summed E-state index contributed by atoms with van der Waals surface area (Å²) in [5.74, 6) is -0.185. The maximum atomic E-state index is 12.6. The van der Waals surface area contributed by atoms with E-state index in [-0.39, 0.29) is 18.0 Å². The van der Waals surface area contributed by atoms with Crippen molar-refractivity contribution in [2.24, 2.45) is 7.05 Å². The van der Waals surface area contributed by atoms with E-state index >= 15 is 0 Å². The van der Waals surface area contributed by atoms with Gasteiger partial charge in [-0.2, -0.15) is 0 Å². The molecule has 2 fully saturated rings. The summed E-state index contributed by atoms with van der Waals surface area (Å²) in [5, 5.41) is 2.89. The normalized spacial score (nSPS) is 19.4. The lowest BCUT2D eigenvalue weighted by Crippen LogP contribution is -2.56. The molecule has 2 aliphatic heterocycles. The van der Waals surface area contributed by atoms with Crippen LogP contribution in [0.1, 0.15) is 12.8 Å². The number of carbonyl (C=O) groups excluding carboxylic acids is 3. The second kappa shape index (κ2) is 5.97. The van der Waals surface area contributed by atoms with Crippen LogP contribution in [0.3, 0.4) is 0 Å². The van der Waals surface area contributed by atoms with Crippen LogP contribution >= 0.6 is 0 Å². The van der Waals surface area contributed by atoms with E-state index in [0.29, 0.717) is 31.6 Å². The first-order valence-corrected chi connectivity index (χ1v) is 8.86. The largest absolute Gasteiger partial charge is 0.334 e. The molecule has 1 spiro atoms. The molecule has 0 unspecified atom stereocenters. The highest BCUT2D eigenvalue weighted by Crippen LogP contribution is 2.35. The zero-order valence-corrected chi connectivity index (χ0v) is 15.6. The van der Waals surface area contributed by atoms with Gasteiger partial charge in [-0.1, -0.05) is 0 Å². The van der Waals surface area contributed by atoms with Crippen LogP contribution in [0.25, 0.3) is 11.0 Å². The number of rotatable bonds is 1. The number of amides is 5. The molecule has 1 aromatic heterocycles. The van der Waals surface area contributed by atoms with Gasteiger partial charge in [-0.25, -0.2) is 14.6 Å². The molecule has 0 bridgehead atoms. The van der Waals surface area contributed by atoms with E-state index in [1.807, 2.05) is 29.8 Å². The van der Waals surface area contributed by atoms with Gasteiger partial charge in [0.15, 0.2) is 0 Å². The maximum Gasteiger partial charge on any atom is 0.327 e. The number of aromatic nitrogens is 2. The number of imide groups is 1. The monoisotopic (exact) mass is 370 g/mol. The topological polar surface area (TPSA) is 90.8 Å². The molecule has 0 aliphatic carbocycles. The van der Waals surface area contributed by atoms with Crippen LogP contribution in [0.15, 0.2) is 24.5 Å². The first-order chi connectivity index (χ1) is 12.8. The minimum atomic E-state index is -0.824. The number of fused-ring (bicyclic) bond motifs is 1. The predicted octanol–water partition coefficient (Wildman–Crippen LogP) is 1.46. The van der Waals surface area contributed by atoms with Crippen molar-refractivity contribution >= 4 is 34.7 Å². The second-order valence-corrected chi connectivity index (χ2v) is 7.21. The van der Waals surface area contributed by atoms with E-state index in [2.05, 4.69) is 10.3 Å². The fourth-order valence-electron chi connectivity index (χ4n) is 4.00. The van der Waals surface area contributed by atoms with Crippen molar-refractivity contribution in [3.8, 4) is 0 Å². The third-order valence-corrected chi connectivity index (χ3v) is 5.77. The summed E-state index contributed by atoms with van der Waals surface area (Å²) in [6.45, 7) is 0.823. The van der Waals surface area contributed by atoms with E-state index in [1.165, 1.54) is 11.9 Å². The van der Waals surface area contributed by atoms with Gasteiger partial charge in [-0.15, -0.1) is 0 Å². The lowest BCUT2D eigenvalue weighted by Gasteiger charge is -2.40. The molecule has 2 aliphatic rings. The van der Waals surface area contributed by atoms with Crippen LogP contribution in [0.5, 0.6) is 0 Å². The molecule has 2 aromatic rings. The summed E-state index contributed by atoms with van der Waals surface area (Å²) in [7, 11) is 5.07. The van der Waals surface area contributed by atoms with Crippen molar-refractivity contribution in [2.75, 3.05) is 32.5 Å². The summed E-state index contributed by atoms with van der Waals surface area (Å²) in [4.78, 5) is 45.9. The van der Waals surface area contributed by atoms with Crippen LogP contribution in [-0.4, -0.2) is 74.9 Å². The predicted molar refractivity (Wildman–Crippen MR) is 99.2 cm³/mol. The van der Waals surface area contributed by atoms with Crippen LogP contribution in [0.4, 0.5) is 15.3 Å². The highest BCUT2D eigenvalue weighted by molar-refractivity contribution is 6.06. The van der Waals surface area contributed by atoms with Crippen LogP contribution in [0.2, 0.25) is 0 Å². The fraction of sp³-hybridized carbons (Fsp3) is 0.444. The molecule has 4 rings (SSSR count). The molecule has 9 nitrogen and oxygen atoms in total. The van der Waals surface area contributed by atoms with E-state index in [0.717, 1.165) is 15.9 Å². The molecule has 1 N–H and O–H groups in total. The van der Waals surface area contributed by atoms with Gasteiger partial charge in [-0.05, 0) is 31.0 Å². The molecule has 2 saturated heterocycles. The van der Waals surface area contributed by atoms with Crippen molar-refractivity contribution < 1.29 is 14.4 Å². The van der Waals surface area contributed by atoms with Gasteiger partial charge >= 0.3 is 12.1 Å². The van der Waals surface area contributed by atoms with Gasteiger partial charge in [0.25, 0.3) is 5.91 Å². The third-order valence-electron chi connectivity index (χ3n) is 5.77. The Morgan fingerprint density at radius 3 is 2.48 bits per heavy atom. The number of anilines is 1. The third kappa shape index (κ3) is 2.53. The van der Waals surface area contributed by atoms with Crippen LogP contribution in [0, 0.1) is 0 Å². The summed E-state index contributed by atoms with van der Waals surface area (Å²) in [6.07, 6.45) is 2.60. The molecule has 142 valence electrons. The lowest BCUT2D eigenvalue weighted by atomic mass is 9.86. The summed E-state index contributed by atoms with van der Waals surface area (Å²) in [6, 6.07) is 5.08. The Bertz CT molecular complexity index is 944. The summed E-state index contributed by atoms with van der Waals surface area (Å²) in [5.41, 5.74) is 1.66. The average Bonchev–Trinajstić information content (AvgIpc) is 3.11. The van der Waals surface area contributed by atoms with Gasteiger partial charge in [0.1, 0.15) is 5.54 Å². The molecule has 1 aromatic carbocycles. The molecule has 3 heterocycles. The Morgan fingerprint density at radius 1 is 1.15 bits per heavy atom. The SMILES string of the molecule is CN1C(=O)N(C)C2(CCN(C(=O)Nc3ccc4c(c3)ncn4C)CC2)C1=O. The highest BCUT2D eigenvalue weighted by Gasteiger charge is 2.55. The molecule has 0 radical (unpaired) electrons. The van der Waals surface area contributed by atoms with Crippen molar-refractivity contribution in [1.82, 2.24) is 24.3 Å². The Morgan fingerprint density at radius 2 is 1.85 bits per heavy atom. The number of piperidine rings is 1. The Balaban J connectivity index is 1.44. The first kappa shape index (κ1) is 17.3. The van der Waals surface area contributed by atoms with Crippen LogP contribution in [-0.2, 0) is 11.8 Å². The Kier molecular flexibility index (Phi) is 3.83. The number of nitrogens with zero attached hydrogens (tertiary/aromatic N) is 5. The number of nitrogens with one attached hydrogen (secondary N) is 1. The van der Waals surface area contributed by atoms with Crippen molar-refractivity contribution in [3.63, 3.8) is 0 Å². The summed E-state index contributed by atoms with van der Waals surface area (Å²) < 4.78 is 1.92. The number of imidazole rings is 1. The number of benzene rings is 1. The summed E-state index contributed by atoms with van der Waals surface area (Å²) >= 11 is 0. The molecule has 0 atom stereocenters. The lowest BCUT2D eigenvalue weighted by molar-refractivity contribution is -0.134. The molecule has 0 saturated carbocycles. The zero-order chi connectivity index (χ0) is 19.3. The standard InChI is InChI=1S/C18H22N6O3/c1-21-11-19-13-10-12(4-5-14(13)21)20-16(26)24-8-6-18(7-9-24)15(25)22(2)17(27)23(18)3/h4-5,10-11H,6-9H2,1-3H3,(H,20,26). The molecular weight excluding hydrogens is 348 g/mol. The molecule has 5 amide bonds. The van der Waals surface area contributed by atoms with E-state index in [9.17, 15) is 14.4 Å². The minimum absolute atomic E-state index is 0.185. The van der Waals surface area contributed by atoms with Gasteiger partial charge in [0, 0.05) is 39.9 Å². The number of aryl methyl sites for hydroxylation is 1. The van der Waals surface area contributed by atoms with Crippen molar-refractivity contribution in [3.05, 3.63) is 24.5 Å². The number of carbonyl (C=O) groups is 3. The Labute approximate surface area is 156 Å². The fourth-order valence-corrected chi connectivity index (χ4v) is 4.00. The Hall–Kier alpha value is -3.10. The number of hydrogen-bond acceptors (Lipinski definition) is 4. The number of hydrogen-bond donors (Lipinski definition) is 1. The average molecular weight is 370 g/mol. The molecule has 27 heavy (non-hydrogen) atoms. The van der Waals surface area contributed by atoms with Gasteiger partial charge in [0.2, 0.25) is 0 Å². The molecule has 9 heteroatoms. The maximum absolute atomic E-state index is 12.6. The van der Waals surface area contributed by atoms with Gasteiger partial charge in [0.05, 0.1) is 17.4 Å². The van der Waals surface area contributed by atoms with E-state index in [4.69, 9.17) is 0 Å². The number of likely N-dealkylation sites (N-methyl/N-ethyl adjacent to an activating group) is 2.